The summed E-state index contributed by atoms with van der Waals surface area (Å²) in [6, 6.07) is 19.1. The van der Waals surface area contributed by atoms with E-state index in [0.29, 0.717) is 10.7 Å². The Morgan fingerprint density at radius 2 is 1.86 bits per heavy atom. The first-order valence-corrected chi connectivity index (χ1v) is 7.00. The molecule has 0 radical (unpaired) electrons. The van der Waals surface area contributed by atoms with E-state index in [1.807, 2.05) is 54.6 Å². The number of nitriles is 1. The molecule has 22 heavy (non-hydrogen) atoms. The second-order valence-electron chi connectivity index (χ2n) is 4.57. The molecule has 106 valence electrons. The largest absolute Gasteiger partial charge is 0.212 e. The Bertz CT molecular complexity index is 860. The predicted molar refractivity (Wildman–Crippen MR) is 86.5 cm³/mol. The van der Waals surface area contributed by atoms with Crippen LogP contribution in [0.4, 0.5) is 0 Å². The average molecular weight is 307 g/mol. The van der Waals surface area contributed by atoms with Crippen LogP contribution in [0.1, 0.15) is 17.0 Å². The van der Waals surface area contributed by atoms with Crippen LogP contribution >= 0.6 is 11.6 Å². The minimum absolute atomic E-state index is 0.271. The summed E-state index contributed by atoms with van der Waals surface area (Å²) in [7, 11) is 0. The third kappa shape index (κ3) is 2.90. The Kier molecular flexibility index (Phi) is 3.99. The highest BCUT2D eigenvalue weighted by atomic mass is 35.5. The van der Waals surface area contributed by atoms with Gasteiger partial charge >= 0.3 is 0 Å². The quantitative estimate of drug-likeness (QED) is 0.736. The maximum absolute atomic E-state index is 9.20. The van der Waals surface area contributed by atoms with Gasteiger partial charge in [-0.05, 0) is 29.8 Å². The van der Waals surface area contributed by atoms with Gasteiger partial charge in [0.15, 0.2) is 5.69 Å². The molecule has 1 heterocycles. The summed E-state index contributed by atoms with van der Waals surface area (Å²) in [6.45, 7) is 0. The maximum atomic E-state index is 9.20. The molecule has 0 amide bonds. The van der Waals surface area contributed by atoms with E-state index in [1.165, 1.54) is 0 Å². The molecule has 5 heteroatoms. The maximum Gasteiger partial charge on any atom is 0.190 e. The van der Waals surface area contributed by atoms with Crippen molar-refractivity contribution in [2.75, 3.05) is 0 Å². The van der Waals surface area contributed by atoms with E-state index in [4.69, 9.17) is 11.6 Å². The van der Waals surface area contributed by atoms with Crippen LogP contribution in [-0.2, 0) is 0 Å². The number of nitrogens with zero attached hydrogens (tertiary/aromatic N) is 4. The van der Waals surface area contributed by atoms with Crippen molar-refractivity contribution in [2.45, 2.75) is 0 Å². The second kappa shape index (κ2) is 6.25. The number of hydrogen-bond donors (Lipinski definition) is 0. The van der Waals surface area contributed by atoms with Crippen molar-refractivity contribution in [3.05, 3.63) is 76.6 Å². The summed E-state index contributed by atoms with van der Waals surface area (Å²) >= 11 is 6.02. The number of hydrogen-bond acceptors (Lipinski definition) is 3. The summed E-state index contributed by atoms with van der Waals surface area (Å²) in [4.78, 5) is 0. The van der Waals surface area contributed by atoms with Gasteiger partial charge in [-0.1, -0.05) is 59.3 Å². The molecule has 0 fully saturated rings. The molecule has 0 saturated heterocycles. The number of aromatic nitrogens is 3. The molecule has 0 saturated carbocycles. The minimum atomic E-state index is 0.271. The fourth-order valence-electron chi connectivity index (χ4n) is 2.06. The third-order valence-electron chi connectivity index (χ3n) is 3.10. The molecule has 0 unspecified atom stereocenters. The zero-order valence-electron chi connectivity index (χ0n) is 11.5. The van der Waals surface area contributed by atoms with Crippen LogP contribution in [-0.4, -0.2) is 15.0 Å². The molecule has 0 aliphatic heterocycles. The molecule has 3 rings (SSSR count). The van der Waals surface area contributed by atoms with Crippen molar-refractivity contribution < 1.29 is 0 Å². The van der Waals surface area contributed by atoms with E-state index < -0.39 is 0 Å². The van der Waals surface area contributed by atoms with Crippen LogP contribution in [0.5, 0.6) is 0 Å². The van der Waals surface area contributed by atoms with Crippen molar-refractivity contribution >= 4 is 23.8 Å². The fraction of sp³-hybridized carbons (Fsp3) is 0. The number of rotatable bonds is 3. The molecule has 0 N–H and O–H groups in total. The van der Waals surface area contributed by atoms with Gasteiger partial charge in [0.05, 0.1) is 5.69 Å². The van der Waals surface area contributed by atoms with Gasteiger partial charge < -0.3 is 0 Å². The molecule has 3 aromatic rings. The van der Waals surface area contributed by atoms with Crippen LogP contribution in [0.25, 0.3) is 17.8 Å². The molecular formula is C17H11ClN4. The van der Waals surface area contributed by atoms with Crippen LogP contribution in [0.3, 0.4) is 0 Å². The first kappa shape index (κ1) is 14.1. The van der Waals surface area contributed by atoms with Crippen LogP contribution in [0.2, 0.25) is 5.02 Å². The monoisotopic (exact) mass is 306 g/mol. The zero-order valence-corrected chi connectivity index (χ0v) is 12.3. The van der Waals surface area contributed by atoms with E-state index in [0.717, 1.165) is 11.3 Å². The molecule has 0 spiro atoms. The highest BCUT2D eigenvalue weighted by Gasteiger charge is 2.11. The molecule has 0 aliphatic carbocycles. The topological polar surface area (TPSA) is 54.5 Å². The Morgan fingerprint density at radius 3 is 2.59 bits per heavy atom. The van der Waals surface area contributed by atoms with E-state index in [9.17, 15) is 5.26 Å². The Balaban J connectivity index is 2.05. The van der Waals surface area contributed by atoms with E-state index in [-0.39, 0.29) is 5.69 Å². The Labute approximate surface area is 132 Å². The summed E-state index contributed by atoms with van der Waals surface area (Å²) in [5, 5.41) is 17.8. The number of benzene rings is 2. The van der Waals surface area contributed by atoms with Crippen molar-refractivity contribution in [3.63, 3.8) is 0 Å². The Morgan fingerprint density at radius 1 is 1.05 bits per heavy atom. The van der Waals surface area contributed by atoms with Crippen LogP contribution in [0.15, 0.2) is 54.6 Å². The minimum Gasteiger partial charge on any atom is -0.212 e. The summed E-state index contributed by atoms with van der Waals surface area (Å²) in [5.74, 6) is 0. The third-order valence-corrected chi connectivity index (χ3v) is 3.33. The summed E-state index contributed by atoms with van der Waals surface area (Å²) < 4.78 is 1.60. The Hall–Kier alpha value is -2.90. The molecule has 4 nitrogen and oxygen atoms in total. The van der Waals surface area contributed by atoms with Crippen LogP contribution in [0, 0.1) is 11.3 Å². The first-order valence-electron chi connectivity index (χ1n) is 6.63. The summed E-state index contributed by atoms with van der Waals surface area (Å²) in [5.41, 5.74) is 2.68. The van der Waals surface area contributed by atoms with Gasteiger partial charge in [0.25, 0.3) is 0 Å². The van der Waals surface area contributed by atoms with Crippen molar-refractivity contribution in [2.24, 2.45) is 0 Å². The van der Waals surface area contributed by atoms with Gasteiger partial charge in [-0.3, -0.25) is 0 Å². The molecular weight excluding hydrogens is 296 g/mol. The zero-order chi connectivity index (χ0) is 15.4. The van der Waals surface area contributed by atoms with Crippen LogP contribution < -0.4 is 0 Å². The molecule has 1 aromatic heterocycles. The molecule has 2 aromatic carbocycles. The number of halogens is 1. The lowest BCUT2D eigenvalue weighted by atomic mass is 10.2. The second-order valence-corrected chi connectivity index (χ2v) is 5.01. The first-order chi connectivity index (χ1) is 10.8. The van der Waals surface area contributed by atoms with E-state index in [2.05, 4.69) is 16.4 Å². The van der Waals surface area contributed by atoms with E-state index >= 15 is 0 Å². The van der Waals surface area contributed by atoms with Crippen molar-refractivity contribution in [1.29, 1.82) is 5.26 Å². The molecule has 0 bridgehead atoms. The lowest BCUT2D eigenvalue weighted by Gasteiger charge is -2.03. The van der Waals surface area contributed by atoms with Gasteiger partial charge in [-0.25, -0.2) is 4.68 Å². The van der Waals surface area contributed by atoms with Gasteiger partial charge in [-0.2, -0.15) is 5.26 Å². The van der Waals surface area contributed by atoms with E-state index in [1.54, 1.807) is 16.8 Å². The molecule has 0 aliphatic rings. The van der Waals surface area contributed by atoms with Gasteiger partial charge in [0.1, 0.15) is 11.8 Å². The molecule has 0 atom stereocenters. The SMILES string of the molecule is N#Cc1nnn(-c2cccc(Cl)c2)c1/C=C/c1ccccc1. The lowest BCUT2D eigenvalue weighted by molar-refractivity contribution is 0.798. The summed E-state index contributed by atoms with van der Waals surface area (Å²) in [6.07, 6.45) is 3.75. The normalized spacial score (nSPS) is 10.7. The van der Waals surface area contributed by atoms with Crippen molar-refractivity contribution in [1.82, 2.24) is 15.0 Å². The fourth-order valence-corrected chi connectivity index (χ4v) is 2.24. The highest BCUT2D eigenvalue weighted by molar-refractivity contribution is 6.30. The predicted octanol–water partition coefficient (Wildman–Crippen LogP) is 3.96. The lowest BCUT2D eigenvalue weighted by Crippen LogP contribution is -1.99. The van der Waals surface area contributed by atoms with Crippen molar-refractivity contribution in [3.8, 4) is 11.8 Å². The standard InChI is InChI=1S/C17H11ClN4/c18-14-7-4-8-15(11-14)22-17(16(12-19)20-21-22)10-9-13-5-2-1-3-6-13/h1-11H/b10-9+. The average Bonchev–Trinajstić information content (AvgIpc) is 2.97. The van der Waals surface area contributed by atoms with Gasteiger partial charge in [0, 0.05) is 5.02 Å². The smallest absolute Gasteiger partial charge is 0.190 e. The van der Waals surface area contributed by atoms with Gasteiger partial charge in [0.2, 0.25) is 0 Å². The van der Waals surface area contributed by atoms with Gasteiger partial charge in [-0.15, -0.1) is 5.10 Å². The highest BCUT2D eigenvalue weighted by Crippen LogP contribution is 2.18.